The van der Waals surface area contributed by atoms with Gasteiger partial charge in [0.25, 0.3) is 0 Å². The van der Waals surface area contributed by atoms with E-state index in [-0.39, 0.29) is 0 Å². The summed E-state index contributed by atoms with van der Waals surface area (Å²) in [5, 5.41) is 0.793. The Bertz CT molecular complexity index is 684. The molecule has 0 aromatic heterocycles. The predicted octanol–water partition coefficient (Wildman–Crippen LogP) is 5.54. The minimum absolute atomic E-state index is 0.793. The molecule has 3 aromatic carbocycles. The summed E-state index contributed by atoms with van der Waals surface area (Å²) in [7, 11) is 0. The van der Waals surface area contributed by atoms with Crippen LogP contribution >= 0.6 is 11.6 Å². The van der Waals surface area contributed by atoms with Gasteiger partial charge in [-0.2, -0.15) is 0 Å². The van der Waals surface area contributed by atoms with E-state index >= 15 is 0 Å². The van der Waals surface area contributed by atoms with Crippen molar-refractivity contribution in [3.05, 3.63) is 107 Å². The van der Waals surface area contributed by atoms with E-state index in [0.717, 1.165) is 24.7 Å². The van der Waals surface area contributed by atoms with Gasteiger partial charge >= 0.3 is 0 Å². The van der Waals surface area contributed by atoms with Crippen molar-refractivity contribution in [1.82, 2.24) is 4.90 Å². The molecule has 116 valence electrons. The Morgan fingerprint density at radius 3 is 1.57 bits per heavy atom. The van der Waals surface area contributed by atoms with Crippen LogP contribution in [0.4, 0.5) is 0 Å². The van der Waals surface area contributed by atoms with Crippen molar-refractivity contribution in [1.29, 1.82) is 0 Å². The molecule has 1 nitrogen and oxygen atoms in total. The molecule has 23 heavy (non-hydrogen) atoms. The zero-order valence-electron chi connectivity index (χ0n) is 13.0. The Morgan fingerprint density at radius 1 is 0.565 bits per heavy atom. The molecule has 0 amide bonds. The van der Waals surface area contributed by atoms with E-state index in [0.29, 0.717) is 0 Å². The van der Waals surface area contributed by atoms with Gasteiger partial charge in [-0.25, -0.2) is 0 Å². The second-order valence-electron chi connectivity index (χ2n) is 5.75. The molecule has 0 bridgehead atoms. The first-order valence-electron chi connectivity index (χ1n) is 7.84. The second-order valence-corrected chi connectivity index (χ2v) is 6.18. The molecule has 0 atom stereocenters. The van der Waals surface area contributed by atoms with Gasteiger partial charge in [-0.15, -0.1) is 0 Å². The standard InChI is InChI=1S/C21H20ClN/c22-21-13-7-12-20(14-21)17-23(15-18-8-3-1-4-9-18)16-19-10-5-2-6-11-19/h1-14H,15-17H2. The van der Waals surface area contributed by atoms with Crippen LogP contribution in [0.25, 0.3) is 0 Å². The molecule has 0 saturated heterocycles. The van der Waals surface area contributed by atoms with Crippen LogP contribution in [0, 0.1) is 0 Å². The second kappa shape index (κ2) is 7.96. The first kappa shape index (κ1) is 15.8. The highest BCUT2D eigenvalue weighted by atomic mass is 35.5. The summed E-state index contributed by atoms with van der Waals surface area (Å²) in [6.45, 7) is 2.72. The monoisotopic (exact) mass is 321 g/mol. The number of nitrogens with zero attached hydrogens (tertiary/aromatic N) is 1. The maximum absolute atomic E-state index is 6.13. The SMILES string of the molecule is Clc1cccc(CN(Cc2ccccc2)Cc2ccccc2)c1. The van der Waals surface area contributed by atoms with Crippen molar-refractivity contribution in [3.8, 4) is 0 Å². The highest BCUT2D eigenvalue weighted by Crippen LogP contribution is 2.17. The average Bonchev–Trinajstić information content (AvgIpc) is 2.57. The van der Waals surface area contributed by atoms with Crippen LogP contribution in [0.5, 0.6) is 0 Å². The van der Waals surface area contributed by atoms with Crippen LogP contribution in [0.1, 0.15) is 16.7 Å². The molecule has 2 heteroatoms. The van der Waals surface area contributed by atoms with E-state index in [1.54, 1.807) is 0 Å². The molecule has 0 N–H and O–H groups in total. The van der Waals surface area contributed by atoms with E-state index in [2.05, 4.69) is 71.6 Å². The first-order valence-corrected chi connectivity index (χ1v) is 8.22. The third-order valence-corrected chi connectivity index (χ3v) is 4.03. The third kappa shape index (κ3) is 4.95. The lowest BCUT2D eigenvalue weighted by Gasteiger charge is -2.23. The normalized spacial score (nSPS) is 10.9. The highest BCUT2D eigenvalue weighted by Gasteiger charge is 2.08. The van der Waals surface area contributed by atoms with Crippen LogP contribution in [0.3, 0.4) is 0 Å². The summed E-state index contributed by atoms with van der Waals surface area (Å²) < 4.78 is 0. The number of hydrogen-bond donors (Lipinski definition) is 0. The zero-order chi connectivity index (χ0) is 15.9. The maximum atomic E-state index is 6.13. The fourth-order valence-corrected chi connectivity index (χ4v) is 2.96. The average molecular weight is 322 g/mol. The van der Waals surface area contributed by atoms with Gasteiger partial charge in [-0.1, -0.05) is 84.4 Å². The Morgan fingerprint density at radius 2 is 1.04 bits per heavy atom. The van der Waals surface area contributed by atoms with Crippen molar-refractivity contribution in [2.45, 2.75) is 19.6 Å². The van der Waals surface area contributed by atoms with Gasteiger partial charge in [0.1, 0.15) is 0 Å². The lowest BCUT2D eigenvalue weighted by Crippen LogP contribution is -2.22. The van der Waals surface area contributed by atoms with Gasteiger partial charge in [-0.05, 0) is 28.8 Å². The summed E-state index contributed by atoms with van der Waals surface area (Å²) in [6, 6.07) is 29.3. The maximum Gasteiger partial charge on any atom is 0.0409 e. The number of benzene rings is 3. The van der Waals surface area contributed by atoms with Crippen LogP contribution in [0.2, 0.25) is 5.02 Å². The van der Waals surface area contributed by atoms with Crippen LogP contribution in [-0.4, -0.2) is 4.90 Å². The molecule has 3 aromatic rings. The molecule has 0 spiro atoms. The molecular weight excluding hydrogens is 302 g/mol. The van der Waals surface area contributed by atoms with Crippen molar-refractivity contribution < 1.29 is 0 Å². The highest BCUT2D eigenvalue weighted by molar-refractivity contribution is 6.30. The quantitative estimate of drug-likeness (QED) is 0.576. The lowest BCUT2D eigenvalue weighted by molar-refractivity contribution is 0.248. The van der Waals surface area contributed by atoms with Crippen LogP contribution in [-0.2, 0) is 19.6 Å². The van der Waals surface area contributed by atoms with Gasteiger partial charge < -0.3 is 0 Å². The van der Waals surface area contributed by atoms with Crippen LogP contribution < -0.4 is 0 Å². The lowest BCUT2D eigenvalue weighted by atomic mass is 10.1. The number of rotatable bonds is 6. The first-order chi connectivity index (χ1) is 11.3. The molecule has 0 aliphatic rings. The van der Waals surface area contributed by atoms with Crippen molar-refractivity contribution in [2.24, 2.45) is 0 Å². The zero-order valence-corrected chi connectivity index (χ0v) is 13.8. The summed E-state index contributed by atoms with van der Waals surface area (Å²) in [5.74, 6) is 0. The smallest absolute Gasteiger partial charge is 0.0409 e. The molecule has 0 radical (unpaired) electrons. The van der Waals surface area contributed by atoms with Crippen molar-refractivity contribution in [3.63, 3.8) is 0 Å². The predicted molar refractivity (Wildman–Crippen MR) is 97.3 cm³/mol. The van der Waals surface area contributed by atoms with E-state index in [4.69, 9.17) is 11.6 Å². The minimum atomic E-state index is 0.793. The fourth-order valence-electron chi connectivity index (χ4n) is 2.74. The van der Waals surface area contributed by atoms with Gasteiger partial charge in [0.05, 0.1) is 0 Å². The summed E-state index contributed by atoms with van der Waals surface area (Å²) >= 11 is 6.13. The molecule has 0 aliphatic carbocycles. The molecule has 3 rings (SSSR count). The van der Waals surface area contributed by atoms with E-state index in [1.165, 1.54) is 16.7 Å². The molecule has 0 aliphatic heterocycles. The Kier molecular flexibility index (Phi) is 5.46. The molecule has 0 saturated carbocycles. The van der Waals surface area contributed by atoms with Crippen molar-refractivity contribution in [2.75, 3.05) is 0 Å². The molecule has 0 fully saturated rings. The molecule has 0 unspecified atom stereocenters. The van der Waals surface area contributed by atoms with E-state index in [9.17, 15) is 0 Å². The minimum Gasteiger partial charge on any atom is -0.291 e. The van der Waals surface area contributed by atoms with Crippen molar-refractivity contribution >= 4 is 11.6 Å². The van der Waals surface area contributed by atoms with Gasteiger partial charge in [0.2, 0.25) is 0 Å². The van der Waals surface area contributed by atoms with E-state index in [1.807, 2.05) is 18.2 Å². The van der Waals surface area contributed by atoms with E-state index < -0.39 is 0 Å². The Labute approximate surface area is 143 Å². The Hall–Kier alpha value is -2.09. The van der Waals surface area contributed by atoms with Gasteiger partial charge in [-0.3, -0.25) is 4.90 Å². The third-order valence-electron chi connectivity index (χ3n) is 3.79. The number of hydrogen-bond acceptors (Lipinski definition) is 1. The summed E-state index contributed by atoms with van der Waals surface area (Å²) in [4.78, 5) is 2.44. The Balaban J connectivity index is 1.77. The van der Waals surface area contributed by atoms with Crippen LogP contribution in [0.15, 0.2) is 84.9 Å². The largest absolute Gasteiger partial charge is 0.291 e. The fraction of sp³-hybridized carbons (Fsp3) is 0.143. The van der Waals surface area contributed by atoms with Gasteiger partial charge in [0.15, 0.2) is 0 Å². The molecular formula is C21H20ClN. The molecule has 0 heterocycles. The number of halogens is 1. The topological polar surface area (TPSA) is 3.24 Å². The summed E-state index contributed by atoms with van der Waals surface area (Å²) in [5.41, 5.74) is 3.89. The van der Waals surface area contributed by atoms with Gasteiger partial charge in [0, 0.05) is 24.7 Å². The summed E-state index contributed by atoms with van der Waals surface area (Å²) in [6.07, 6.45) is 0.